The molecule has 8 amide bonds. The van der Waals surface area contributed by atoms with Crippen LogP contribution in [0.3, 0.4) is 0 Å². The summed E-state index contributed by atoms with van der Waals surface area (Å²) in [5.41, 5.74) is 6.32. The number of urea groups is 1. The number of nitrogens with zero attached hydrogens (tertiary/aromatic N) is 4. The van der Waals surface area contributed by atoms with Gasteiger partial charge in [-0.1, -0.05) is 79.7 Å². The lowest BCUT2D eigenvalue weighted by Gasteiger charge is -2.37. The first-order valence-electron chi connectivity index (χ1n) is 21.9. The molecule has 0 aromatic heterocycles. The largest absolute Gasteiger partial charge is 0.390 e. The van der Waals surface area contributed by atoms with Gasteiger partial charge in [0.2, 0.25) is 29.5 Å². The fourth-order valence-corrected chi connectivity index (χ4v) is 6.67. The van der Waals surface area contributed by atoms with Crippen LogP contribution in [0.15, 0.2) is 24.3 Å². The molecule has 0 saturated heterocycles. The van der Waals surface area contributed by atoms with Crippen molar-refractivity contribution >= 4 is 41.5 Å². The van der Waals surface area contributed by atoms with Gasteiger partial charge in [-0.05, 0) is 56.3 Å². The Balaban J connectivity index is 6.89. The van der Waals surface area contributed by atoms with Crippen molar-refractivity contribution in [2.24, 2.45) is 29.4 Å². The van der Waals surface area contributed by atoms with Gasteiger partial charge in [-0.3, -0.25) is 34.1 Å². The second-order valence-corrected chi connectivity index (χ2v) is 17.5. The number of rotatable bonds is 29. The molecule has 18 nitrogen and oxygen atoms in total. The SMILES string of the molecule is C=C(C[C@H](C(N)=O)N(C)C(=O)NC(=O)[C@H](CC(C)C)N(C)C(=O)[C@@H](COCCC(OC)OC)N(C)C(=O)[C@H](CC)NC(=O)[C@H]([C@H](O)[C@H](C)C/C=C/C)N(C)C(=O)CC(C)C)C(C)C. The highest BCUT2D eigenvalue weighted by molar-refractivity contribution is 6.01. The Bertz CT molecular complexity index is 1530. The predicted molar refractivity (Wildman–Crippen MR) is 242 cm³/mol. The molecule has 0 spiro atoms. The van der Waals surface area contributed by atoms with Gasteiger partial charge in [-0.15, -0.1) is 0 Å². The summed E-state index contributed by atoms with van der Waals surface area (Å²) in [6.45, 7) is 20.1. The highest BCUT2D eigenvalue weighted by atomic mass is 16.7. The Morgan fingerprint density at radius 2 is 1.35 bits per heavy atom. The molecule has 0 heterocycles. The summed E-state index contributed by atoms with van der Waals surface area (Å²) in [5, 5.41) is 16.5. The lowest BCUT2D eigenvalue weighted by molar-refractivity contribution is -0.153. The Morgan fingerprint density at radius 1 is 0.778 bits per heavy atom. The van der Waals surface area contributed by atoms with Gasteiger partial charge in [0.25, 0.3) is 5.91 Å². The number of hydrogen-bond donors (Lipinski definition) is 4. The summed E-state index contributed by atoms with van der Waals surface area (Å²) in [4.78, 5) is 101. The van der Waals surface area contributed by atoms with Crippen LogP contribution in [-0.4, -0.2) is 164 Å². The number of hydrogen-bond acceptors (Lipinski definition) is 11. The number of carbonyl (C=O) groups is 7. The third kappa shape index (κ3) is 19.1. The number of nitrogens with one attached hydrogen (secondary N) is 2. The van der Waals surface area contributed by atoms with Gasteiger partial charge in [0.05, 0.1) is 19.3 Å². The standard InChI is InChI=1S/C45H81N7O11/c1-17-19-20-30(9)39(54)38(52(14)36(53)24-28(5)6)42(57)47-32(18-2)43(58)50(12)35(26-63-22-21-37(61-15)62-16)44(59)49(11)34(23-27(3)4)41(56)48-45(60)51(13)33(40(46)55)25-31(10)29(7)8/h17,19,27-30,32-35,37-39,54H,10,18,20-26H2,1-9,11-16H3,(H2,46,55)(H,47,57)(H,48,56,60)/b19-17+/t30-,32+,33-,34+,35-,38+,39-/m1/s1. The molecule has 0 aliphatic rings. The molecular formula is C45H81N7O11. The van der Waals surface area contributed by atoms with Crippen LogP contribution in [-0.2, 0) is 43.0 Å². The number of nitrogens with two attached hydrogens (primary N) is 1. The van der Waals surface area contributed by atoms with Gasteiger partial charge in [0.15, 0.2) is 6.29 Å². The molecule has 7 atom stereocenters. The average molecular weight is 896 g/mol. The summed E-state index contributed by atoms with van der Waals surface area (Å²) in [7, 11) is 8.46. The molecule has 0 saturated carbocycles. The van der Waals surface area contributed by atoms with Crippen LogP contribution in [0.5, 0.6) is 0 Å². The molecule has 0 radical (unpaired) electrons. The number of aliphatic hydroxyl groups excluding tert-OH is 1. The molecule has 0 fully saturated rings. The summed E-state index contributed by atoms with van der Waals surface area (Å²) in [6, 6.07) is -7.13. The van der Waals surface area contributed by atoms with Gasteiger partial charge < -0.3 is 50.0 Å². The molecule has 0 aliphatic heterocycles. The van der Waals surface area contributed by atoms with Crippen molar-refractivity contribution in [3.8, 4) is 0 Å². The van der Waals surface area contributed by atoms with Crippen LogP contribution in [0.25, 0.3) is 0 Å². The van der Waals surface area contributed by atoms with E-state index in [-0.39, 0.29) is 69.0 Å². The van der Waals surface area contributed by atoms with E-state index >= 15 is 0 Å². The second-order valence-electron chi connectivity index (χ2n) is 17.5. The Labute approximate surface area is 376 Å². The van der Waals surface area contributed by atoms with Crippen molar-refractivity contribution in [1.82, 2.24) is 30.2 Å². The first-order valence-corrected chi connectivity index (χ1v) is 21.9. The number of primary amides is 1. The third-order valence-electron chi connectivity index (χ3n) is 11.2. The first kappa shape index (κ1) is 58.6. The number of ether oxygens (including phenoxy) is 3. The maximum atomic E-state index is 14.6. The van der Waals surface area contributed by atoms with E-state index in [9.17, 15) is 38.7 Å². The monoisotopic (exact) mass is 896 g/mol. The maximum Gasteiger partial charge on any atom is 0.324 e. The third-order valence-corrected chi connectivity index (χ3v) is 11.2. The minimum atomic E-state index is -1.35. The fourth-order valence-electron chi connectivity index (χ4n) is 6.67. The molecule has 362 valence electrons. The van der Waals surface area contributed by atoms with Crippen molar-refractivity contribution < 1.29 is 52.9 Å². The number of aliphatic hydroxyl groups is 1. The van der Waals surface area contributed by atoms with Crippen molar-refractivity contribution in [2.45, 2.75) is 143 Å². The highest BCUT2D eigenvalue weighted by Gasteiger charge is 2.41. The summed E-state index contributed by atoms with van der Waals surface area (Å²) < 4.78 is 16.4. The van der Waals surface area contributed by atoms with E-state index in [0.717, 1.165) is 14.7 Å². The minimum absolute atomic E-state index is 0.00554. The second kappa shape index (κ2) is 29.1. The van der Waals surface area contributed by atoms with E-state index in [0.29, 0.717) is 12.0 Å². The molecule has 0 aromatic rings. The number of likely N-dealkylation sites (N-methyl/N-ethyl adjacent to an activating group) is 4. The molecule has 0 bridgehead atoms. The smallest absolute Gasteiger partial charge is 0.324 e. The van der Waals surface area contributed by atoms with Crippen molar-refractivity contribution in [1.29, 1.82) is 0 Å². The van der Waals surface area contributed by atoms with E-state index in [4.69, 9.17) is 19.9 Å². The van der Waals surface area contributed by atoms with Crippen LogP contribution in [0.1, 0.15) is 101 Å². The van der Waals surface area contributed by atoms with E-state index in [1.54, 1.807) is 13.8 Å². The topological polar surface area (TPSA) is 230 Å². The number of allylic oxidation sites excluding steroid dienone is 2. The van der Waals surface area contributed by atoms with Gasteiger partial charge in [-0.2, -0.15) is 0 Å². The van der Waals surface area contributed by atoms with Crippen molar-refractivity contribution in [3.63, 3.8) is 0 Å². The Hall–Kier alpha value is -4.39. The number of carbonyl (C=O) groups excluding carboxylic acids is 7. The number of methoxy groups -OCH3 is 2. The van der Waals surface area contributed by atoms with Crippen LogP contribution in [0, 0.1) is 23.7 Å². The Morgan fingerprint density at radius 3 is 1.83 bits per heavy atom. The van der Waals surface area contributed by atoms with E-state index < -0.39 is 84.1 Å². The first-order chi connectivity index (χ1) is 29.3. The van der Waals surface area contributed by atoms with Crippen LogP contribution in [0.2, 0.25) is 0 Å². The predicted octanol–water partition coefficient (Wildman–Crippen LogP) is 3.07. The fraction of sp³-hybridized carbons (Fsp3) is 0.756. The van der Waals surface area contributed by atoms with Crippen LogP contribution >= 0.6 is 0 Å². The summed E-state index contributed by atoms with van der Waals surface area (Å²) in [6.07, 6.45) is 2.88. The van der Waals surface area contributed by atoms with E-state index in [1.165, 1.54) is 47.3 Å². The number of imide groups is 1. The zero-order chi connectivity index (χ0) is 48.9. The van der Waals surface area contributed by atoms with Crippen molar-refractivity contribution in [2.75, 3.05) is 55.6 Å². The van der Waals surface area contributed by atoms with Crippen LogP contribution in [0.4, 0.5) is 4.79 Å². The molecule has 0 aromatic carbocycles. The van der Waals surface area contributed by atoms with Crippen LogP contribution < -0.4 is 16.4 Å². The normalized spacial score (nSPS) is 15.0. The molecule has 0 rings (SSSR count). The van der Waals surface area contributed by atoms with E-state index in [1.807, 2.05) is 60.6 Å². The van der Waals surface area contributed by atoms with Crippen molar-refractivity contribution in [3.05, 3.63) is 24.3 Å². The molecule has 63 heavy (non-hydrogen) atoms. The molecule has 5 N–H and O–H groups in total. The van der Waals surface area contributed by atoms with E-state index in [2.05, 4.69) is 17.2 Å². The lowest BCUT2D eigenvalue weighted by atomic mass is 9.92. The highest BCUT2D eigenvalue weighted by Crippen LogP contribution is 2.21. The molecule has 0 aliphatic carbocycles. The average Bonchev–Trinajstić information content (AvgIpc) is 3.22. The van der Waals surface area contributed by atoms with Gasteiger partial charge in [0, 0.05) is 55.3 Å². The van der Waals surface area contributed by atoms with Gasteiger partial charge in [0.1, 0.15) is 30.2 Å². The zero-order valence-corrected chi connectivity index (χ0v) is 40.8. The zero-order valence-electron chi connectivity index (χ0n) is 40.8. The van der Waals surface area contributed by atoms with Gasteiger partial charge >= 0.3 is 6.03 Å². The maximum absolute atomic E-state index is 14.6. The summed E-state index contributed by atoms with van der Waals surface area (Å²) in [5.74, 6) is -4.72. The summed E-state index contributed by atoms with van der Waals surface area (Å²) >= 11 is 0. The minimum Gasteiger partial charge on any atom is -0.390 e. The Kier molecular flexibility index (Phi) is 27.1. The van der Waals surface area contributed by atoms with Gasteiger partial charge in [-0.25, -0.2) is 4.79 Å². The molecular weight excluding hydrogens is 815 g/mol. The quantitative estimate of drug-likeness (QED) is 0.0485. The molecule has 18 heteroatoms. The molecule has 0 unspecified atom stereocenters. The lowest BCUT2D eigenvalue weighted by Crippen LogP contribution is -2.61. The number of amides is 8.